The first kappa shape index (κ1) is 20.5. The van der Waals surface area contributed by atoms with Gasteiger partial charge in [0.2, 0.25) is 5.91 Å². The van der Waals surface area contributed by atoms with Crippen molar-refractivity contribution in [2.75, 3.05) is 38.0 Å². The molecule has 0 unspecified atom stereocenters. The average Bonchev–Trinajstić information content (AvgIpc) is 2.93. The van der Waals surface area contributed by atoms with E-state index >= 15 is 0 Å². The molecule has 29 heavy (non-hydrogen) atoms. The van der Waals surface area contributed by atoms with E-state index in [1.165, 1.54) is 0 Å². The highest BCUT2D eigenvalue weighted by Crippen LogP contribution is 2.11. The van der Waals surface area contributed by atoms with Crippen molar-refractivity contribution in [2.45, 2.75) is 13.3 Å². The van der Waals surface area contributed by atoms with Crippen LogP contribution in [-0.4, -0.2) is 60.4 Å². The van der Waals surface area contributed by atoms with E-state index in [0.29, 0.717) is 37.4 Å². The fourth-order valence-corrected chi connectivity index (χ4v) is 3.35. The van der Waals surface area contributed by atoms with Gasteiger partial charge < -0.3 is 10.2 Å². The zero-order valence-electron chi connectivity index (χ0n) is 16.6. The molecule has 0 atom stereocenters. The van der Waals surface area contributed by atoms with Gasteiger partial charge in [0.25, 0.3) is 5.91 Å². The summed E-state index contributed by atoms with van der Waals surface area (Å²) in [6.07, 6.45) is 0.779. The third kappa shape index (κ3) is 6.15. The molecular weight excluding hydrogens is 368 g/mol. The molecule has 7 nitrogen and oxygen atoms in total. The number of para-hydroxylation sites is 1. The van der Waals surface area contributed by atoms with Gasteiger partial charge in [-0.1, -0.05) is 35.9 Å². The minimum Gasteiger partial charge on any atom is -0.337 e. The van der Waals surface area contributed by atoms with Crippen molar-refractivity contribution in [3.8, 4) is 0 Å². The van der Waals surface area contributed by atoms with Gasteiger partial charge in [-0.15, -0.1) is 0 Å². The Hall–Kier alpha value is -3.19. The van der Waals surface area contributed by atoms with Gasteiger partial charge in [0.05, 0.1) is 6.54 Å². The van der Waals surface area contributed by atoms with E-state index in [-0.39, 0.29) is 18.4 Å². The summed E-state index contributed by atoms with van der Waals surface area (Å²) in [6, 6.07) is 16.0. The number of hydrogen-bond donors (Lipinski definition) is 2. The van der Waals surface area contributed by atoms with Crippen molar-refractivity contribution in [3.63, 3.8) is 0 Å². The lowest BCUT2D eigenvalue weighted by Crippen LogP contribution is -2.43. The maximum Gasteiger partial charge on any atom is 0.325 e. The minimum atomic E-state index is -0.549. The second-order valence-corrected chi connectivity index (χ2v) is 7.16. The summed E-state index contributed by atoms with van der Waals surface area (Å²) in [6.45, 7) is 4.58. The van der Waals surface area contributed by atoms with Crippen LogP contribution in [0.15, 0.2) is 54.6 Å². The van der Waals surface area contributed by atoms with E-state index < -0.39 is 6.03 Å². The molecule has 1 aliphatic heterocycles. The van der Waals surface area contributed by atoms with E-state index in [4.69, 9.17) is 0 Å². The number of benzene rings is 2. The Kier molecular flexibility index (Phi) is 6.97. The molecular formula is C22H26N4O3. The van der Waals surface area contributed by atoms with Crippen LogP contribution in [0, 0.1) is 6.92 Å². The Morgan fingerprint density at radius 3 is 2.48 bits per heavy atom. The first-order valence-electron chi connectivity index (χ1n) is 9.75. The molecule has 0 bridgehead atoms. The quantitative estimate of drug-likeness (QED) is 0.835. The van der Waals surface area contributed by atoms with Gasteiger partial charge in [0.15, 0.2) is 0 Å². The normalized spacial score (nSPS) is 14.7. The molecule has 2 aromatic carbocycles. The number of nitrogens with one attached hydrogen (secondary N) is 2. The Morgan fingerprint density at radius 1 is 0.931 bits per heavy atom. The van der Waals surface area contributed by atoms with Crippen molar-refractivity contribution in [3.05, 3.63) is 65.7 Å². The maximum absolute atomic E-state index is 12.7. The minimum absolute atomic E-state index is 0.0160. The SMILES string of the molecule is Cc1cccc(C(=O)N2CCCN(CC(=O)NC(=O)Nc3ccccc3)CC2)c1. The molecule has 0 spiro atoms. The van der Waals surface area contributed by atoms with Crippen LogP contribution in [0.2, 0.25) is 0 Å². The Balaban J connectivity index is 1.47. The van der Waals surface area contributed by atoms with Crippen molar-refractivity contribution in [2.24, 2.45) is 0 Å². The van der Waals surface area contributed by atoms with Crippen molar-refractivity contribution in [1.29, 1.82) is 0 Å². The molecule has 0 saturated carbocycles. The van der Waals surface area contributed by atoms with Crippen molar-refractivity contribution < 1.29 is 14.4 Å². The van der Waals surface area contributed by atoms with E-state index in [1.54, 1.807) is 24.3 Å². The summed E-state index contributed by atoms with van der Waals surface area (Å²) in [5.41, 5.74) is 2.37. The summed E-state index contributed by atoms with van der Waals surface area (Å²) in [5, 5.41) is 4.98. The summed E-state index contributed by atoms with van der Waals surface area (Å²) in [5.74, 6) is -0.348. The average molecular weight is 394 g/mol. The van der Waals surface area contributed by atoms with Crippen molar-refractivity contribution >= 4 is 23.5 Å². The lowest BCUT2D eigenvalue weighted by Gasteiger charge is -2.22. The second-order valence-electron chi connectivity index (χ2n) is 7.16. The topological polar surface area (TPSA) is 81.8 Å². The maximum atomic E-state index is 12.7. The highest BCUT2D eigenvalue weighted by Gasteiger charge is 2.22. The lowest BCUT2D eigenvalue weighted by molar-refractivity contribution is -0.121. The number of imide groups is 1. The van der Waals surface area contributed by atoms with Crippen LogP contribution in [0.5, 0.6) is 0 Å². The van der Waals surface area contributed by atoms with Crippen LogP contribution in [0.1, 0.15) is 22.3 Å². The Bertz CT molecular complexity index is 869. The van der Waals surface area contributed by atoms with Crippen LogP contribution in [0.25, 0.3) is 0 Å². The number of carbonyl (C=O) groups is 3. The molecule has 0 aliphatic carbocycles. The van der Waals surface area contributed by atoms with Gasteiger partial charge >= 0.3 is 6.03 Å². The smallest absolute Gasteiger partial charge is 0.325 e. The first-order valence-corrected chi connectivity index (χ1v) is 9.75. The number of urea groups is 1. The molecule has 0 radical (unpaired) electrons. The van der Waals surface area contributed by atoms with Crippen LogP contribution >= 0.6 is 0 Å². The summed E-state index contributed by atoms with van der Waals surface area (Å²) < 4.78 is 0. The fraction of sp³-hybridized carbons (Fsp3) is 0.318. The highest BCUT2D eigenvalue weighted by molar-refractivity contribution is 6.01. The summed E-state index contributed by atoms with van der Waals surface area (Å²) >= 11 is 0. The number of carbonyl (C=O) groups excluding carboxylic acids is 3. The molecule has 2 aromatic rings. The van der Waals surface area contributed by atoms with E-state index in [9.17, 15) is 14.4 Å². The molecule has 1 aliphatic rings. The highest BCUT2D eigenvalue weighted by atomic mass is 16.2. The van der Waals surface area contributed by atoms with Gasteiger partial charge in [0, 0.05) is 37.4 Å². The lowest BCUT2D eigenvalue weighted by atomic mass is 10.1. The number of rotatable bonds is 4. The van der Waals surface area contributed by atoms with Gasteiger partial charge in [-0.3, -0.25) is 19.8 Å². The molecule has 0 aromatic heterocycles. The zero-order chi connectivity index (χ0) is 20.6. The number of nitrogens with zero attached hydrogens (tertiary/aromatic N) is 2. The summed E-state index contributed by atoms with van der Waals surface area (Å²) in [7, 11) is 0. The van der Waals surface area contributed by atoms with Crippen LogP contribution < -0.4 is 10.6 Å². The molecule has 1 heterocycles. The third-order valence-electron chi connectivity index (χ3n) is 4.79. The van der Waals surface area contributed by atoms with Gasteiger partial charge in [-0.05, 0) is 37.6 Å². The predicted molar refractivity (Wildman–Crippen MR) is 112 cm³/mol. The van der Waals surface area contributed by atoms with E-state index in [0.717, 1.165) is 12.0 Å². The molecule has 7 heteroatoms. The largest absolute Gasteiger partial charge is 0.337 e. The van der Waals surface area contributed by atoms with Gasteiger partial charge in [-0.2, -0.15) is 0 Å². The summed E-state index contributed by atoms with van der Waals surface area (Å²) in [4.78, 5) is 40.7. The van der Waals surface area contributed by atoms with Gasteiger partial charge in [-0.25, -0.2) is 4.79 Å². The zero-order valence-corrected chi connectivity index (χ0v) is 16.6. The monoisotopic (exact) mass is 394 g/mol. The first-order chi connectivity index (χ1) is 14.0. The molecule has 2 N–H and O–H groups in total. The predicted octanol–water partition coefficient (Wildman–Crippen LogP) is 2.49. The number of amides is 4. The number of hydrogen-bond acceptors (Lipinski definition) is 4. The van der Waals surface area contributed by atoms with Gasteiger partial charge in [0.1, 0.15) is 0 Å². The van der Waals surface area contributed by atoms with Crippen LogP contribution in [0.3, 0.4) is 0 Å². The second kappa shape index (κ2) is 9.84. The van der Waals surface area contributed by atoms with E-state index in [1.807, 2.05) is 47.1 Å². The van der Waals surface area contributed by atoms with Crippen LogP contribution in [-0.2, 0) is 4.79 Å². The third-order valence-corrected chi connectivity index (χ3v) is 4.79. The molecule has 152 valence electrons. The fourth-order valence-electron chi connectivity index (χ4n) is 3.35. The molecule has 3 rings (SSSR count). The van der Waals surface area contributed by atoms with E-state index in [2.05, 4.69) is 10.6 Å². The number of aryl methyl sites for hydroxylation is 1. The van der Waals surface area contributed by atoms with Crippen molar-refractivity contribution in [1.82, 2.24) is 15.1 Å². The molecule has 4 amide bonds. The Morgan fingerprint density at radius 2 is 1.72 bits per heavy atom. The number of anilines is 1. The van der Waals surface area contributed by atoms with Crippen LogP contribution in [0.4, 0.5) is 10.5 Å². The standard InChI is InChI=1S/C22H26N4O3/c1-17-7-5-8-18(15-17)21(28)26-12-6-11-25(13-14-26)16-20(27)24-22(29)23-19-9-3-2-4-10-19/h2-5,7-10,15H,6,11-14,16H2,1H3,(H2,23,24,27,29). The Labute approximate surface area is 170 Å². The molecule has 1 fully saturated rings. The molecule has 1 saturated heterocycles.